The molecule has 0 aromatic heterocycles. The van der Waals surface area contributed by atoms with Crippen LogP contribution >= 0.6 is 0 Å². The second-order valence-corrected chi connectivity index (χ2v) is 12.2. The molecule has 41 heavy (non-hydrogen) atoms. The number of piperazine rings is 2. The molecule has 0 bridgehead atoms. The standard InChI is InChI=1S/C30H50N8O3/c1-5-24-30(41-23-18-38(19-23)26(39)6-2)34-29(27(33-24)28(31)40)32-21-7-8-25(20(3)17-21)37-11-9-22(10-12-37)36-15-13-35(4)14-16-36/h7-8,17,22-24,27,29-30,32-34H,5-6,9-16,18-19H2,1-4H3,(H2,31,40). The van der Waals surface area contributed by atoms with Gasteiger partial charge in [-0.1, -0.05) is 13.8 Å². The monoisotopic (exact) mass is 570 g/mol. The number of hydrogen-bond acceptors (Lipinski definition) is 9. The van der Waals surface area contributed by atoms with Crippen LogP contribution in [0.4, 0.5) is 11.4 Å². The highest BCUT2D eigenvalue weighted by atomic mass is 16.5. The lowest BCUT2D eigenvalue weighted by Gasteiger charge is -2.47. The predicted octanol–water partition coefficient (Wildman–Crippen LogP) is 0.738. The fourth-order valence-electron chi connectivity index (χ4n) is 6.74. The number of likely N-dealkylation sites (N-methyl/N-ethyl adjacent to an activating group) is 1. The van der Waals surface area contributed by atoms with Crippen molar-refractivity contribution in [1.29, 1.82) is 0 Å². The number of nitrogens with two attached hydrogens (primary N) is 1. The molecule has 4 atom stereocenters. The first-order chi connectivity index (χ1) is 19.7. The number of benzene rings is 1. The molecule has 2 amide bonds. The van der Waals surface area contributed by atoms with Crippen molar-refractivity contribution in [2.45, 2.75) is 83.1 Å². The molecule has 228 valence electrons. The van der Waals surface area contributed by atoms with Crippen molar-refractivity contribution in [2.24, 2.45) is 5.73 Å². The maximum atomic E-state index is 12.4. The summed E-state index contributed by atoms with van der Waals surface area (Å²) >= 11 is 0. The summed E-state index contributed by atoms with van der Waals surface area (Å²) in [5, 5.41) is 10.4. The van der Waals surface area contributed by atoms with Gasteiger partial charge in [-0.2, -0.15) is 0 Å². The van der Waals surface area contributed by atoms with Crippen molar-refractivity contribution in [3.63, 3.8) is 0 Å². The van der Waals surface area contributed by atoms with Gasteiger partial charge in [0.05, 0.1) is 6.10 Å². The fraction of sp³-hybridized carbons (Fsp3) is 0.733. The van der Waals surface area contributed by atoms with E-state index in [1.165, 1.54) is 50.3 Å². The molecule has 4 unspecified atom stereocenters. The quantitative estimate of drug-likeness (QED) is 0.341. The molecule has 0 radical (unpaired) electrons. The van der Waals surface area contributed by atoms with E-state index in [4.69, 9.17) is 10.5 Å². The van der Waals surface area contributed by atoms with E-state index in [9.17, 15) is 9.59 Å². The normalized spacial score (nSPS) is 28.9. The van der Waals surface area contributed by atoms with Crippen molar-refractivity contribution in [2.75, 3.05) is 69.6 Å². The molecule has 4 heterocycles. The molecule has 0 spiro atoms. The lowest BCUT2D eigenvalue weighted by atomic mass is 10.0. The van der Waals surface area contributed by atoms with Gasteiger partial charge in [-0.3, -0.25) is 25.1 Å². The summed E-state index contributed by atoms with van der Waals surface area (Å²) < 4.78 is 6.36. The van der Waals surface area contributed by atoms with Crippen molar-refractivity contribution >= 4 is 23.2 Å². The second-order valence-electron chi connectivity index (χ2n) is 12.2. The van der Waals surface area contributed by atoms with Gasteiger partial charge in [-0.05, 0) is 57.0 Å². The van der Waals surface area contributed by atoms with Crippen LogP contribution in [0.25, 0.3) is 0 Å². The molecule has 11 heteroatoms. The molecule has 0 aliphatic carbocycles. The number of aryl methyl sites for hydroxylation is 1. The van der Waals surface area contributed by atoms with E-state index in [1.807, 2.05) is 11.8 Å². The summed E-state index contributed by atoms with van der Waals surface area (Å²) in [6.45, 7) is 14.1. The fourth-order valence-corrected chi connectivity index (χ4v) is 6.74. The summed E-state index contributed by atoms with van der Waals surface area (Å²) in [6.07, 6.45) is 2.92. The zero-order valence-corrected chi connectivity index (χ0v) is 25.3. The third kappa shape index (κ3) is 6.97. The van der Waals surface area contributed by atoms with Gasteiger partial charge >= 0.3 is 0 Å². The molecular formula is C30H50N8O3. The van der Waals surface area contributed by atoms with Crippen LogP contribution in [0.1, 0.15) is 45.1 Å². The molecule has 4 fully saturated rings. The van der Waals surface area contributed by atoms with E-state index in [1.54, 1.807) is 0 Å². The van der Waals surface area contributed by atoms with Crippen molar-refractivity contribution in [3.05, 3.63) is 23.8 Å². The summed E-state index contributed by atoms with van der Waals surface area (Å²) in [7, 11) is 2.21. The second kappa shape index (κ2) is 13.2. The molecule has 4 aliphatic rings. The van der Waals surface area contributed by atoms with Crippen LogP contribution in [-0.2, 0) is 14.3 Å². The minimum atomic E-state index is -0.590. The van der Waals surface area contributed by atoms with Crippen LogP contribution in [-0.4, -0.2) is 123 Å². The van der Waals surface area contributed by atoms with Gasteiger partial charge in [0.1, 0.15) is 18.4 Å². The Labute approximate surface area is 245 Å². The number of hydrogen-bond donors (Lipinski definition) is 4. The zero-order chi connectivity index (χ0) is 29.1. The number of ether oxygens (including phenoxy) is 1. The Morgan fingerprint density at radius 2 is 1.76 bits per heavy atom. The van der Waals surface area contributed by atoms with Gasteiger partial charge in [-0.25, -0.2) is 0 Å². The Morgan fingerprint density at radius 3 is 2.37 bits per heavy atom. The average molecular weight is 571 g/mol. The summed E-state index contributed by atoms with van der Waals surface area (Å²) in [6, 6.07) is 6.47. The molecule has 5 rings (SSSR count). The number of piperidine rings is 1. The Balaban J connectivity index is 1.19. The number of nitrogens with zero attached hydrogens (tertiary/aromatic N) is 4. The topological polar surface area (TPSA) is 118 Å². The van der Waals surface area contributed by atoms with Crippen molar-refractivity contribution < 1.29 is 14.3 Å². The Bertz CT molecular complexity index is 1050. The zero-order valence-electron chi connectivity index (χ0n) is 25.3. The summed E-state index contributed by atoms with van der Waals surface area (Å²) in [5.41, 5.74) is 9.24. The van der Waals surface area contributed by atoms with Gasteiger partial charge in [0.2, 0.25) is 11.8 Å². The number of nitrogens with one attached hydrogen (secondary N) is 3. The molecule has 0 saturated carbocycles. The van der Waals surface area contributed by atoms with Crippen LogP contribution in [0.5, 0.6) is 0 Å². The highest BCUT2D eigenvalue weighted by molar-refractivity contribution is 5.81. The third-order valence-electron chi connectivity index (χ3n) is 9.40. The molecule has 1 aromatic carbocycles. The van der Waals surface area contributed by atoms with Gasteiger partial charge in [0.25, 0.3) is 0 Å². The number of anilines is 2. The SMILES string of the molecule is CCC(=O)N1CC(OC2NC(Nc3ccc(N4CCC(N5CCN(C)CC5)CC4)c(C)c3)C(C(N)=O)NC2CC)C1. The molecule has 4 saturated heterocycles. The lowest BCUT2D eigenvalue weighted by molar-refractivity contribution is -0.158. The van der Waals surface area contributed by atoms with Crippen LogP contribution in [0.3, 0.4) is 0 Å². The van der Waals surface area contributed by atoms with E-state index < -0.39 is 18.1 Å². The van der Waals surface area contributed by atoms with E-state index in [0.717, 1.165) is 25.2 Å². The van der Waals surface area contributed by atoms with Gasteiger partial charge in [0.15, 0.2) is 0 Å². The number of amides is 2. The van der Waals surface area contributed by atoms with Crippen LogP contribution < -0.4 is 26.6 Å². The minimum absolute atomic E-state index is 0.0217. The molecule has 1 aromatic rings. The van der Waals surface area contributed by atoms with Gasteiger partial charge < -0.3 is 30.5 Å². The molecule has 5 N–H and O–H groups in total. The van der Waals surface area contributed by atoms with E-state index in [-0.39, 0.29) is 24.3 Å². The highest BCUT2D eigenvalue weighted by Gasteiger charge is 2.42. The predicted molar refractivity (Wildman–Crippen MR) is 162 cm³/mol. The first-order valence-corrected chi connectivity index (χ1v) is 15.5. The van der Waals surface area contributed by atoms with E-state index >= 15 is 0 Å². The van der Waals surface area contributed by atoms with Gasteiger partial charge in [-0.15, -0.1) is 0 Å². The maximum absolute atomic E-state index is 12.4. The Morgan fingerprint density at radius 1 is 1.05 bits per heavy atom. The highest BCUT2D eigenvalue weighted by Crippen LogP contribution is 2.29. The molecule has 4 aliphatic heterocycles. The smallest absolute Gasteiger partial charge is 0.238 e. The van der Waals surface area contributed by atoms with Crippen LogP contribution in [0.2, 0.25) is 0 Å². The lowest BCUT2D eigenvalue weighted by Crippen LogP contribution is -2.72. The van der Waals surface area contributed by atoms with Crippen molar-refractivity contribution in [1.82, 2.24) is 25.3 Å². The number of primary amides is 1. The first-order valence-electron chi connectivity index (χ1n) is 15.5. The largest absolute Gasteiger partial charge is 0.371 e. The number of rotatable bonds is 9. The summed E-state index contributed by atoms with van der Waals surface area (Å²) in [5.74, 6) is -0.259. The maximum Gasteiger partial charge on any atom is 0.238 e. The number of carbonyl (C=O) groups excluding carboxylic acids is 2. The van der Waals surface area contributed by atoms with Gasteiger partial charge in [0, 0.05) is 82.2 Å². The van der Waals surface area contributed by atoms with E-state index in [0.29, 0.717) is 25.6 Å². The third-order valence-corrected chi connectivity index (χ3v) is 9.40. The average Bonchev–Trinajstić information content (AvgIpc) is 2.95. The first kappa shape index (κ1) is 30.0. The summed E-state index contributed by atoms with van der Waals surface area (Å²) in [4.78, 5) is 33.8. The van der Waals surface area contributed by atoms with Crippen molar-refractivity contribution in [3.8, 4) is 0 Å². The van der Waals surface area contributed by atoms with E-state index in [2.05, 4.69) is 69.7 Å². The molecular weight excluding hydrogens is 520 g/mol. The Hall–Kier alpha value is -2.44. The van der Waals surface area contributed by atoms with Crippen LogP contribution in [0.15, 0.2) is 18.2 Å². The van der Waals surface area contributed by atoms with Crippen LogP contribution in [0, 0.1) is 6.92 Å². The number of likely N-dealkylation sites (tertiary alicyclic amines) is 1. The number of carbonyl (C=O) groups is 2. The molecule has 11 nitrogen and oxygen atoms in total. The minimum Gasteiger partial charge on any atom is -0.371 e. The Kier molecular flexibility index (Phi) is 9.70.